The normalized spacial score (nSPS) is 16.9. The van der Waals surface area contributed by atoms with E-state index >= 15 is 0 Å². The van der Waals surface area contributed by atoms with Gasteiger partial charge in [-0.2, -0.15) is 0 Å². The lowest BCUT2D eigenvalue weighted by Gasteiger charge is -2.12. The van der Waals surface area contributed by atoms with Crippen LogP contribution < -0.4 is 4.74 Å². The first-order valence-electron chi connectivity index (χ1n) is 5.61. The summed E-state index contributed by atoms with van der Waals surface area (Å²) in [6, 6.07) is 6.48. The molecular formula is C13H18OS. The average Bonchev–Trinajstić information content (AvgIpc) is 2.73. The molecule has 15 heavy (non-hydrogen) atoms. The van der Waals surface area contributed by atoms with Gasteiger partial charge in [0.25, 0.3) is 0 Å². The molecule has 82 valence electrons. The Kier molecular flexibility index (Phi) is 3.57. The van der Waals surface area contributed by atoms with E-state index in [-0.39, 0.29) is 0 Å². The summed E-state index contributed by atoms with van der Waals surface area (Å²) in [5, 5.41) is 0.807. The largest absolute Gasteiger partial charge is 0.496 e. The molecule has 0 atom stereocenters. The molecule has 1 fully saturated rings. The Morgan fingerprint density at radius 3 is 2.67 bits per heavy atom. The van der Waals surface area contributed by atoms with E-state index in [1.165, 1.54) is 36.1 Å². The van der Waals surface area contributed by atoms with Crippen molar-refractivity contribution in [2.24, 2.45) is 0 Å². The molecule has 1 saturated carbocycles. The summed E-state index contributed by atoms with van der Waals surface area (Å²) >= 11 is 1.99. The molecule has 0 bridgehead atoms. The summed E-state index contributed by atoms with van der Waals surface area (Å²) in [5.41, 5.74) is 1.27. The highest BCUT2D eigenvalue weighted by molar-refractivity contribution is 8.00. The van der Waals surface area contributed by atoms with Crippen LogP contribution in [0, 0.1) is 6.92 Å². The molecule has 1 aliphatic rings. The van der Waals surface area contributed by atoms with Crippen molar-refractivity contribution in [3.05, 3.63) is 23.8 Å². The number of benzene rings is 1. The van der Waals surface area contributed by atoms with Crippen LogP contribution in [0.5, 0.6) is 5.75 Å². The maximum atomic E-state index is 5.42. The molecule has 1 aromatic carbocycles. The van der Waals surface area contributed by atoms with Crippen molar-refractivity contribution in [3.8, 4) is 5.75 Å². The summed E-state index contributed by atoms with van der Waals surface area (Å²) in [5.74, 6) is 1.03. The molecule has 1 aromatic rings. The third kappa shape index (κ3) is 2.69. The van der Waals surface area contributed by atoms with E-state index in [1.54, 1.807) is 7.11 Å². The summed E-state index contributed by atoms with van der Waals surface area (Å²) < 4.78 is 5.42. The maximum absolute atomic E-state index is 5.42. The fraction of sp³-hybridized carbons (Fsp3) is 0.538. The predicted octanol–water partition coefficient (Wildman–Crippen LogP) is 4.04. The Morgan fingerprint density at radius 1 is 1.27 bits per heavy atom. The van der Waals surface area contributed by atoms with E-state index < -0.39 is 0 Å². The van der Waals surface area contributed by atoms with Gasteiger partial charge in [0, 0.05) is 10.1 Å². The fourth-order valence-electron chi connectivity index (χ4n) is 2.06. The minimum absolute atomic E-state index is 0.807. The van der Waals surface area contributed by atoms with Gasteiger partial charge in [-0.1, -0.05) is 18.9 Å². The van der Waals surface area contributed by atoms with Gasteiger partial charge in [-0.05, 0) is 37.5 Å². The first kappa shape index (κ1) is 10.9. The Morgan fingerprint density at radius 2 is 2.00 bits per heavy atom. The Hall–Kier alpha value is -0.630. The van der Waals surface area contributed by atoms with Crippen LogP contribution in [0.3, 0.4) is 0 Å². The van der Waals surface area contributed by atoms with Crippen molar-refractivity contribution in [2.75, 3.05) is 7.11 Å². The number of thioether (sulfide) groups is 1. The standard InChI is InChI=1S/C13H18OS/c1-10-7-8-13(12(9-10)14-2)15-11-5-3-4-6-11/h7-9,11H,3-6H2,1-2H3. The van der Waals surface area contributed by atoms with E-state index in [0.717, 1.165) is 11.0 Å². The topological polar surface area (TPSA) is 9.23 Å². The van der Waals surface area contributed by atoms with Crippen LogP contribution >= 0.6 is 11.8 Å². The molecule has 0 aliphatic heterocycles. The van der Waals surface area contributed by atoms with Crippen molar-refractivity contribution in [1.29, 1.82) is 0 Å². The number of hydrogen-bond acceptors (Lipinski definition) is 2. The minimum Gasteiger partial charge on any atom is -0.496 e. The lowest BCUT2D eigenvalue weighted by atomic mass is 10.2. The van der Waals surface area contributed by atoms with Crippen LogP contribution in [0.15, 0.2) is 23.1 Å². The van der Waals surface area contributed by atoms with Gasteiger partial charge in [-0.3, -0.25) is 0 Å². The van der Waals surface area contributed by atoms with Crippen molar-refractivity contribution in [1.82, 2.24) is 0 Å². The number of hydrogen-bond donors (Lipinski definition) is 0. The molecule has 0 aromatic heterocycles. The first-order valence-corrected chi connectivity index (χ1v) is 6.49. The predicted molar refractivity (Wildman–Crippen MR) is 65.8 cm³/mol. The molecule has 0 heterocycles. The van der Waals surface area contributed by atoms with Crippen LogP contribution in [0.2, 0.25) is 0 Å². The van der Waals surface area contributed by atoms with Crippen molar-refractivity contribution in [3.63, 3.8) is 0 Å². The Balaban J connectivity index is 2.12. The highest BCUT2D eigenvalue weighted by Crippen LogP contribution is 2.39. The quantitative estimate of drug-likeness (QED) is 0.763. The SMILES string of the molecule is COc1cc(C)ccc1SC1CCCC1. The third-order valence-electron chi connectivity index (χ3n) is 2.91. The zero-order valence-electron chi connectivity index (χ0n) is 9.45. The van der Waals surface area contributed by atoms with E-state index in [0.29, 0.717) is 0 Å². The number of ether oxygens (including phenoxy) is 1. The molecule has 0 N–H and O–H groups in total. The molecule has 0 saturated heterocycles. The van der Waals surface area contributed by atoms with Gasteiger partial charge in [0.15, 0.2) is 0 Å². The van der Waals surface area contributed by atoms with E-state index in [9.17, 15) is 0 Å². The molecule has 2 rings (SSSR count). The summed E-state index contributed by atoms with van der Waals surface area (Å²) in [6.45, 7) is 2.10. The monoisotopic (exact) mass is 222 g/mol. The van der Waals surface area contributed by atoms with Crippen LogP contribution in [-0.2, 0) is 0 Å². The molecule has 0 radical (unpaired) electrons. The van der Waals surface area contributed by atoms with Gasteiger partial charge in [-0.15, -0.1) is 11.8 Å². The second-order valence-electron chi connectivity index (χ2n) is 4.18. The zero-order valence-corrected chi connectivity index (χ0v) is 10.3. The molecule has 1 nitrogen and oxygen atoms in total. The van der Waals surface area contributed by atoms with Crippen molar-refractivity contribution < 1.29 is 4.74 Å². The van der Waals surface area contributed by atoms with Crippen LogP contribution in [-0.4, -0.2) is 12.4 Å². The smallest absolute Gasteiger partial charge is 0.132 e. The Bertz CT molecular complexity index is 329. The summed E-state index contributed by atoms with van der Waals surface area (Å²) in [6.07, 6.45) is 5.51. The molecular weight excluding hydrogens is 204 g/mol. The second-order valence-corrected chi connectivity index (χ2v) is 5.52. The van der Waals surface area contributed by atoms with Gasteiger partial charge < -0.3 is 4.74 Å². The van der Waals surface area contributed by atoms with Gasteiger partial charge >= 0.3 is 0 Å². The maximum Gasteiger partial charge on any atom is 0.132 e. The summed E-state index contributed by atoms with van der Waals surface area (Å²) in [4.78, 5) is 1.30. The highest BCUT2D eigenvalue weighted by atomic mass is 32.2. The van der Waals surface area contributed by atoms with Crippen LogP contribution in [0.1, 0.15) is 31.2 Å². The second kappa shape index (κ2) is 4.93. The number of rotatable bonds is 3. The minimum atomic E-state index is 0.807. The number of methoxy groups -OCH3 is 1. The number of aryl methyl sites for hydroxylation is 1. The lowest BCUT2D eigenvalue weighted by Crippen LogP contribution is -1.95. The Labute approximate surface area is 96.2 Å². The van der Waals surface area contributed by atoms with Gasteiger partial charge in [0.05, 0.1) is 7.11 Å². The van der Waals surface area contributed by atoms with Gasteiger partial charge in [0.1, 0.15) is 5.75 Å². The molecule has 1 aliphatic carbocycles. The van der Waals surface area contributed by atoms with E-state index in [2.05, 4.69) is 25.1 Å². The molecule has 0 amide bonds. The van der Waals surface area contributed by atoms with Crippen LogP contribution in [0.25, 0.3) is 0 Å². The third-order valence-corrected chi connectivity index (χ3v) is 4.31. The van der Waals surface area contributed by atoms with E-state index in [1.807, 2.05) is 11.8 Å². The molecule has 0 spiro atoms. The zero-order chi connectivity index (χ0) is 10.7. The highest BCUT2D eigenvalue weighted by Gasteiger charge is 2.17. The average molecular weight is 222 g/mol. The lowest BCUT2D eigenvalue weighted by molar-refractivity contribution is 0.404. The fourth-order valence-corrected chi connectivity index (χ4v) is 3.39. The van der Waals surface area contributed by atoms with Crippen molar-refractivity contribution in [2.45, 2.75) is 42.8 Å². The van der Waals surface area contributed by atoms with Gasteiger partial charge in [-0.25, -0.2) is 0 Å². The van der Waals surface area contributed by atoms with Gasteiger partial charge in [0.2, 0.25) is 0 Å². The molecule has 2 heteroatoms. The van der Waals surface area contributed by atoms with Crippen molar-refractivity contribution >= 4 is 11.8 Å². The molecule has 0 unspecified atom stereocenters. The van der Waals surface area contributed by atoms with Crippen LogP contribution in [0.4, 0.5) is 0 Å². The summed E-state index contributed by atoms with van der Waals surface area (Å²) in [7, 11) is 1.76. The van der Waals surface area contributed by atoms with E-state index in [4.69, 9.17) is 4.74 Å². The first-order chi connectivity index (χ1) is 7.29.